The Kier molecular flexibility index (Phi) is 6.81. The number of nitrogens with one attached hydrogen (secondary N) is 2. The molecule has 18 heavy (non-hydrogen) atoms. The molecule has 0 aromatic carbocycles. The highest BCUT2D eigenvalue weighted by atomic mass is 16.3. The summed E-state index contributed by atoms with van der Waals surface area (Å²) in [5.74, 6) is -0.0363. The first-order valence-corrected chi connectivity index (χ1v) is 6.41. The zero-order valence-corrected chi connectivity index (χ0v) is 12.6. The van der Waals surface area contributed by atoms with Crippen LogP contribution in [-0.2, 0) is 4.79 Å². The SMILES string of the molecule is CN(C)CC(C)(O)CNC(=O)CCNC(C)(C)C. The minimum Gasteiger partial charge on any atom is -0.387 e. The van der Waals surface area contributed by atoms with Gasteiger partial charge in [0.15, 0.2) is 0 Å². The van der Waals surface area contributed by atoms with Crippen molar-refractivity contribution in [2.75, 3.05) is 33.7 Å². The average Bonchev–Trinajstić information content (AvgIpc) is 2.10. The van der Waals surface area contributed by atoms with Crippen molar-refractivity contribution in [2.24, 2.45) is 0 Å². The number of carbonyl (C=O) groups excluding carboxylic acids is 1. The maximum Gasteiger partial charge on any atom is 0.221 e. The summed E-state index contributed by atoms with van der Waals surface area (Å²) in [5.41, 5.74) is -0.868. The monoisotopic (exact) mass is 259 g/mol. The number of rotatable bonds is 7. The summed E-state index contributed by atoms with van der Waals surface area (Å²) >= 11 is 0. The van der Waals surface area contributed by atoms with Crippen LogP contribution in [-0.4, -0.2) is 60.8 Å². The quantitative estimate of drug-likeness (QED) is 0.611. The Bertz CT molecular complexity index is 257. The van der Waals surface area contributed by atoms with E-state index in [1.54, 1.807) is 6.92 Å². The van der Waals surface area contributed by atoms with Crippen LogP contribution in [0.1, 0.15) is 34.1 Å². The van der Waals surface area contributed by atoms with E-state index >= 15 is 0 Å². The average molecular weight is 259 g/mol. The van der Waals surface area contributed by atoms with Crippen LogP contribution in [0.5, 0.6) is 0 Å². The van der Waals surface area contributed by atoms with E-state index in [1.165, 1.54) is 0 Å². The van der Waals surface area contributed by atoms with Gasteiger partial charge in [-0.3, -0.25) is 4.79 Å². The van der Waals surface area contributed by atoms with E-state index in [0.717, 1.165) is 0 Å². The van der Waals surface area contributed by atoms with Gasteiger partial charge in [0.25, 0.3) is 0 Å². The Morgan fingerprint density at radius 1 is 1.22 bits per heavy atom. The number of carbonyl (C=O) groups is 1. The Morgan fingerprint density at radius 3 is 2.22 bits per heavy atom. The second-order valence-corrected chi connectivity index (χ2v) is 6.44. The summed E-state index contributed by atoms with van der Waals surface area (Å²) in [6.45, 7) is 9.35. The molecule has 0 bridgehead atoms. The van der Waals surface area contributed by atoms with Gasteiger partial charge in [0.05, 0.1) is 5.60 Å². The van der Waals surface area contributed by atoms with Gasteiger partial charge in [0.1, 0.15) is 0 Å². The second kappa shape index (κ2) is 7.07. The topological polar surface area (TPSA) is 64.6 Å². The Morgan fingerprint density at radius 2 is 1.78 bits per heavy atom. The van der Waals surface area contributed by atoms with Gasteiger partial charge in [-0.1, -0.05) is 0 Å². The van der Waals surface area contributed by atoms with Crippen LogP contribution in [0.4, 0.5) is 0 Å². The molecule has 0 aromatic heterocycles. The van der Waals surface area contributed by atoms with Crippen molar-refractivity contribution >= 4 is 5.91 Å². The van der Waals surface area contributed by atoms with Crippen molar-refractivity contribution in [1.82, 2.24) is 15.5 Å². The van der Waals surface area contributed by atoms with Gasteiger partial charge >= 0.3 is 0 Å². The van der Waals surface area contributed by atoms with Gasteiger partial charge in [-0.2, -0.15) is 0 Å². The molecule has 0 saturated heterocycles. The number of hydrogen-bond donors (Lipinski definition) is 3. The molecule has 0 radical (unpaired) electrons. The molecule has 1 amide bonds. The lowest BCUT2D eigenvalue weighted by Gasteiger charge is -2.27. The Balaban J connectivity index is 3.83. The largest absolute Gasteiger partial charge is 0.387 e. The normalized spacial score (nSPS) is 15.6. The molecule has 0 aliphatic heterocycles. The first-order chi connectivity index (χ1) is 8.02. The summed E-state index contributed by atoms with van der Waals surface area (Å²) in [6.07, 6.45) is 0.426. The molecule has 5 nitrogen and oxygen atoms in total. The van der Waals surface area contributed by atoms with Gasteiger partial charge in [0.2, 0.25) is 5.91 Å². The van der Waals surface area contributed by atoms with Gasteiger partial charge in [-0.05, 0) is 41.8 Å². The first kappa shape index (κ1) is 17.4. The molecule has 0 aromatic rings. The molecule has 0 fully saturated rings. The van der Waals surface area contributed by atoms with Gasteiger partial charge < -0.3 is 20.6 Å². The highest BCUT2D eigenvalue weighted by Gasteiger charge is 2.22. The smallest absolute Gasteiger partial charge is 0.221 e. The Labute approximate surface area is 111 Å². The fourth-order valence-electron chi connectivity index (χ4n) is 1.67. The van der Waals surface area contributed by atoms with E-state index in [0.29, 0.717) is 19.5 Å². The van der Waals surface area contributed by atoms with Crippen LogP contribution < -0.4 is 10.6 Å². The third-order valence-electron chi connectivity index (χ3n) is 2.33. The minimum atomic E-state index is -0.892. The first-order valence-electron chi connectivity index (χ1n) is 6.41. The van der Waals surface area contributed by atoms with Crippen LogP contribution in [0.25, 0.3) is 0 Å². The lowest BCUT2D eigenvalue weighted by atomic mass is 10.1. The molecule has 0 rings (SSSR count). The molecule has 0 aliphatic carbocycles. The van der Waals surface area contributed by atoms with E-state index in [-0.39, 0.29) is 18.0 Å². The predicted octanol–water partition coefficient (Wildman–Crippen LogP) is 0.193. The van der Waals surface area contributed by atoms with Gasteiger partial charge in [0, 0.05) is 31.6 Å². The van der Waals surface area contributed by atoms with Crippen molar-refractivity contribution in [3.8, 4) is 0 Å². The highest BCUT2D eigenvalue weighted by Crippen LogP contribution is 2.02. The zero-order chi connectivity index (χ0) is 14.4. The predicted molar refractivity (Wildman–Crippen MR) is 74.6 cm³/mol. The number of hydrogen-bond acceptors (Lipinski definition) is 4. The van der Waals surface area contributed by atoms with Crippen LogP contribution in [0.2, 0.25) is 0 Å². The Hall–Kier alpha value is -0.650. The van der Waals surface area contributed by atoms with Crippen LogP contribution >= 0.6 is 0 Å². The third kappa shape index (κ3) is 10.5. The maximum absolute atomic E-state index is 11.6. The molecule has 5 heteroatoms. The van der Waals surface area contributed by atoms with Crippen molar-refractivity contribution in [3.63, 3.8) is 0 Å². The maximum atomic E-state index is 11.6. The molecular weight excluding hydrogens is 230 g/mol. The number of aliphatic hydroxyl groups is 1. The standard InChI is InChI=1S/C13H29N3O2/c1-12(2,3)15-8-7-11(17)14-9-13(4,18)10-16(5)6/h15,18H,7-10H2,1-6H3,(H,14,17). The van der Waals surface area contributed by atoms with Gasteiger partial charge in [-0.15, -0.1) is 0 Å². The zero-order valence-electron chi connectivity index (χ0n) is 12.6. The van der Waals surface area contributed by atoms with E-state index in [1.807, 2.05) is 19.0 Å². The van der Waals surface area contributed by atoms with E-state index in [2.05, 4.69) is 31.4 Å². The van der Waals surface area contributed by atoms with Crippen molar-refractivity contribution in [3.05, 3.63) is 0 Å². The number of likely N-dealkylation sites (N-methyl/N-ethyl adjacent to an activating group) is 1. The molecule has 0 saturated carbocycles. The minimum absolute atomic E-state index is 0.0245. The third-order valence-corrected chi connectivity index (χ3v) is 2.33. The molecule has 0 heterocycles. The van der Waals surface area contributed by atoms with Crippen LogP contribution in [0.3, 0.4) is 0 Å². The summed E-state index contributed by atoms with van der Waals surface area (Å²) in [7, 11) is 3.78. The summed E-state index contributed by atoms with van der Waals surface area (Å²) in [6, 6.07) is 0. The summed E-state index contributed by atoms with van der Waals surface area (Å²) in [5, 5.41) is 16.0. The van der Waals surface area contributed by atoms with E-state index in [9.17, 15) is 9.90 Å². The van der Waals surface area contributed by atoms with Crippen LogP contribution in [0.15, 0.2) is 0 Å². The molecule has 108 valence electrons. The lowest BCUT2D eigenvalue weighted by Crippen LogP contribution is -2.47. The van der Waals surface area contributed by atoms with Crippen LogP contribution in [0, 0.1) is 0 Å². The van der Waals surface area contributed by atoms with Crippen molar-refractivity contribution < 1.29 is 9.90 Å². The molecule has 1 atom stereocenters. The number of amides is 1. The van der Waals surface area contributed by atoms with Crippen molar-refractivity contribution in [1.29, 1.82) is 0 Å². The summed E-state index contributed by atoms with van der Waals surface area (Å²) in [4.78, 5) is 13.5. The molecule has 0 aliphatic rings. The molecule has 0 spiro atoms. The fraction of sp³-hybridized carbons (Fsp3) is 0.923. The van der Waals surface area contributed by atoms with E-state index in [4.69, 9.17) is 0 Å². The molecule has 1 unspecified atom stereocenters. The lowest BCUT2D eigenvalue weighted by molar-refractivity contribution is -0.122. The molecular formula is C13H29N3O2. The molecule has 3 N–H and O–H groups in total. The van der Waals surface area contributed by atoms with Crippen molar-refractivity contribution in [2.45, 2.75) is 45.3 Å². The fourth-order valence-corrected chi connectivity index (χ4v) is 1.67. The van der Waals surface area contributed by atoms with E-state index < -0.39 is 5.60 Å². The number of nitrogens with zero attached hydrogens (tertiary/aromatic N) is 1. The second-order valence-electron chi connectivity index (χ2n) is 6.44. The highest BCUT2D eigenvalue weighted by molar-refractivity contribution is 5.76. The van der Waals surface area contributed by atoms with Gasteiger partial charge in [-0.25, -0.2) is 0 Å². The summed E-state index contributed by atoms with van der Waals surface area (Å²) < 4.78 is 0.